The number of nitrogens with zero attached hydrogens (tertiary/aromatic N) is 2. The van der Waals surface area contributed by atoms with Crippen LogP contribution in [0.15, 0.2) is 4.52 Å². The van der Waals surface area contributed by atoms with Crippen LogP contribution >= 0.6 is 0 Å². The molecule has 1 heterocycles. The third kappa shape index (κ3) is 7.31. The van der Waals surface area contributed by atoms with Gasteiger partial charge in [-0.25, -0.2) is 4.79 Å². The lowest BCUT2D eigenvalue weighted by molar-refractivity contribution is -0.148. The minimum atomic E-state index is -0.613. The van der Waals surface area contributed by atoms with Crippen LogP contribution in [0.2, 0.25) is 0 Å². The van der Waals surface area contributed by atoms with Gasteiger partial charge in [0.15, 0.2) is 0 Å². The Hall–Kier alpha value is -1.92. The largest absolute Gasteiger partial charge is 0.463 e. The van der Waals surface area contributed by atoms with Crippen LogP contribution < -0.4 is 0 Å². The Morgan fingerprint density at radius 3 is 2.63 bits per heavy atom. The Morgan fingerprint density at radius 2 is 1.96 bits per heavy atom. The van der Waals surface area contributed by atoms with Gasteiger partial charge in [0.2, 0.25) is 5.89 Å². The van der Waals surface area contributed by atoms with E-state index in [0.717, 1.165) is 25.2 Å². The van der Waals surface area contributed by atoms with Gasteiger partial charge in [0.1, 0.15) is 0 Å². The molecule has 0 N–H and O–H groups in total. The molecule has 1 unspecified atom stereocenters. The quantitative estimate of drug-likeness (QED) is 0.555. The molecule has 152 valence electrons. The van der Waals surface area contributed by atoms with Gasteiger partial charge < -0.3 is 14.0 Å². The van der Waals surface area contributed by atoms with Gasteiger partial charge in [0.25, 0.3) is 5.82 Å². The van der Waals surface area contributed by atoms with Gasteiger partial charge >= 0.3 is 11.9 Å². The molecule has 7 nitrogen and oxygen atoms in total. The number of ether oxygens (including phenoxy) is 2. The molecular formula is C20H32N2O5. The van der Waals surface area contributed by atoms with Gasteiger partial charge in [-0.3, -0.25) is 4.79 Å². The van der Waals surface area contributed by atoms with Gasteiger partial charge in [-0.2, -0.15) is 4.98 Å². The smallest absolute Gasteiger partial charge is 0.379 e. The van der Waals surface area contributed by atoms with Crippen molar-refractivity contribution in [3.05, 3.63) is 11.7 Å². The zero-order chi connectivity index (χ0) is 19.6. The van der Waals surface area contributed by atoms with Crippen LogP contribution in [0.25, 0.3) is 0 Å². The molecule has 0 saturated heterocycles. The van der Waals surface area contributed by atoms with Crippen LogP contribution in [0.1, 0.15) is 101 Å². The topological polar surface area (TPSA) is 91.5 Å². The first-order valence-corrected chi connectivity index (χ1v) is 10.2. The van der Waals surface area contributed by atoms with Crippen molar-refractivity contribution in [1.82, 2.24) is 10.1 Å². The first kappa shape index (κ1) is 21.4. The van der Waals surface area contributed by atoms with E-state index in [4.69, 9.17) is 14.0 Å². The van der Waals surface area contributed by atoms with Crippen LogP contribution in [-0.2, 0) is 14.3 Å². The molecule has 1 atom stereocenters. The summed E-state index contributed by atoms with van der Waals surface area (Å²) >= 11 is 0. The van der Waals surface area contributed by atoms with Crippen LogP contribution in [0.4, 0.5) is 0 Å². The Balaban J connectivity index is 1.97. The summed E-state index contributed by atoms with van der Waals surface area (Å²) in [6.45, 7) is 5.60. The highest BCUT2D eigenvalue weighted by Gasteiger charge is 2.26. The molecular weight excluding hydrogens is 348 g/mol. The number of aromatic nitrogens is 2. The second-order valence-corrected chi connectivity index (χ2v) is 7.55. The normalized spacial score (nSPS) is 16.3. The van der Waals surface area contributed by atoms with Crippen molar-refractivity contribution in [3.63, 3.8) is 0 Å². The molecule has 1 aliphatic carbocycles. The molecule has 1 fully saturated rings. The third-order valence-corrected chi connectivity index (χ3v) is 4.92. The highest BCUT2D eigenvalue weighted by atomic mass is 16.5. The van der Waals surface area contributed by atoms with E-state index in [2.05, 4.69) is 10.1 Å². The van der Waals surface area contributed by atoms with E-state index in [1.807, 2.05) is 13.8 Å². The monoisotopic (exact) mass is 380 g/mol. The van der Waals surface area contributed by atoms with Crippen LogP contribution in [0.3, 0.4) is 0 Å². The molecule has 0 amide bonds. The maximum absolute atomic E-state index is 12.1. The summed E-state index contributed by atoms with van der Waals surface area (Å²) in [5, 5.41) is 3.71. The molecule has 0 bridgehead atoms. The molecule has 1 saturated carbocycles. The fourth-order valence-corrected chi connectivity index (χ4v) is 3.63. The molecule has 2 rings (SSSR count). The van der Waals surface area contributed by atoms with Crippen molar-refractivity contribution in [2.75, 3.05) is 6.61 Å². The highest BCUT2D eigenvalue weighted by molar-refractivity contribution is 5.84. The molecule has 1 aromatic rings. The Bertz CT molecular complexity index is 593. The van der Waals surface area contributed by atoms with Gasteiger partial charge in [-0.05, 0) is 38.3 Å². The van der Waals surface area contributed by atoms with Crippen molar-refractivity contribution < 1.29 is 23.6 Å². The van der Waals surface area contributed by atoms with Crippen LogP contribution in [0, 0.1) is 5.92 Å². The van der Waals surface area contributed by atoms with Crippen LogP contribution in [0.5, 0.6) is 0 Å². The number of hydrogen-bond donors (Lipinski definition) is 0. The van der Waals surface area contributed by atoms with Gasteiger partial charge in [-0.1, -0.05) is 44.9 Å². The summed E-state index contributed by atoms with van der Waals surface area (Å²) < 4.78 is 15.4. The second kappa shape index (κ2) is 11.0. The summed E-state index contributed by atoms with van der Waals surface area (Å²) in [4.78, 5) is 28.1. The van der Waals surface area contributed by atoms with Crippen molar-refractivity contribution in [1.29, 1.82) is 0 Å². The number of carbonyl (C=O) groups is 2. The maximum atomic E-state index is 12.1. The lowest BCUT2D eigenvalue weighted by Gasteiger charge is -2.22. The molecule has 27 heavy (non-hydrogen) atoms. The molecule has 0 aromatic carbocycles. The van der Waals surface area contributed by atoms with Crippen molar-refractivity contribution in [3.8, 4) is 0 Å². The van der Waals surface area contributed by atoms with E-state index < -0.39 is 5.97 Å². The fraction of sp³-hybridized carbons (Fsp3) is 0.800. The lowest BCUT2D eigenvalue weighted by Crippen LogP contribution is -2.16. The van der Waals surface area contributed by atoms with E-state index in [1.54, 1.807) is 6.92 Å². The number of hydrogen-bond acceptors (Lipinski definition) is 7. The maximum Gasteiger partial charge on any atom is 0.379 e. The molecule has 1 aliphatic rings. The van der Waals surface area contributed by atoms with E-state index in [1.165, 1.54) is 32.1 Å². The summed E-state index contributed by atoms with van der Waals surface area (Å²) in [6.07, 6.45) is 9.48. The van der Waals surface area contributed by atoms with Gasteiger partial charge in [0.05, 0.1) is 19.1 Å². The summed E-state index contributed by atoms with van der Waals surface area (Å²) in [5.41, 5.74) is 0. The van der Waals surface area contributed by atoms with E-state index in [9.17, 15) is 9.59 Å². The zero-order valence-corrected chi connectivity index (χ0v) is 16.7. The van der Waals surface area contributed by atoms with Gasteiger partial charge in [-0.15, -0.1) is 0 Å². The van der Waals surface area contributed by atoms with Gasteiger partial charge in [0, 0.05) is 5.92 Å². The molecule has 1 aromatic heterocycles. The average Bonchev–Trinajstić information content (AvgIpc) is 3.11. The van der Waals surface area contributed by atoms with Crippen molar-refractivity contribution in [2.24, 2.45) is 5.92 Å². The predicted octanol–water partition coefficient (Wildman–Crippen LogP) is 4.42. The van der Waals surface area contributed by atoms with E-state index in [-0.39, 0.29) is 36.8 Å². The number of carbonyl (C=O) groups excluding carboxylic acids is 2. The first-order valence-electron chi connectivity index (χ1n) is 10.2. The summed E-state index contributed by atoms with van der Waals surface area (Å²) in [6, 6.07) is 0. The molecule has 0 spiro atoms. The SMILES string of the molecule is CCOC(=O)c1noc(C(CCCC2CCCCC2)CC(=O)OC(C)C)n1. The standard InChI is InChI=1S/C20H32N2O5/c1-4-25-20(24)18-21-19(27-22-18)16(13-17(23)26-14(2)3)12-8-11-15-9-6-5-7-10-15/h14-16H,4-13H2,1-3H3. The summed E-state index contributed by atoms with van der Waals surface area (Å²) in [7, 11) is 0. The Morgan fingerprint density at radius 1 is 1.22 bits per heavy atom. The Labute approximate surface area is 161 Å². The molecule has 7 heteroatoms. The zero-order valence-electron chi connectivity index (χ0n) is 16.7. The third-order valence-electron chi connectivity index (χ3n) is 4.92. The Kier molecular flexibility index (Phi) is 8.75. The van der Waals surface area contributed by atoms with Crippen molar-refractivity contribution >= 4 is 11.9 Å². The fourth-order valence-electron chi connectivity index (χ4n) is 3.63. The van der Waals surface area contributed by atoms with E-state index >= 15 is 0 Å². The average molecular weight is 380 g/mol. The number of esters is 2. The highest BCUT2D eigenvalue weighted by Crippen LogP contribution is 2.31. The first-order chi connectivity index (χ1) is 13.0. The van der Waals surface area contributed by atoms with Crippen molar-refractivity contribution in [2.45, 2.75) is 90.6 Å². The minimum Gasteiger partial charge on any atom is -0.463 e. The molecule has 0 aliphatic heterocycles. The predicted molar refractivity (Wildman–Crippen MR) is 99.3 cm³/mol. The summed E-state index contributed by atoms with van der Waals surface area (Å²) in [5.74, 6) is -0.152. The minimum absolute atomic E-state index is 0.0960. The van der Waals surface area contributed by atoms with Crippen LogP contribution in [-0.4, -0.2) is 34.8 Å². The lowest BCUT2D eigenvalue weighted by atomic mass is 9.84. The second-order valence-electron chi connectivity index (χ2n) is 7.55. The molecule has 0 radical (unpaired) electrons. The number of rotatable bonds is 10. The van der Waals surface area contributed by atoms with E-state index in [0.29, 0.717) is 5.89 Å².